The molecule has 12 heavy (non-hydrogen) atoms. The van der Waals surface area contributed by atoms with Crippen molar-refractivity contribution in [3.63, 3.8) is 0 Å². The van der Waals surface area contributed by atoms with Gasteiger partial charge in [-0.15, -0.1) is 0 Å². The van der Waals surface area contributed by atoms with Crippen molar-refractivity contribution in [1.82, 2.24) is 4.90 Å². The molecule has 1 heterocycles. The van der Waals surface area contributed by atoms with Crippen LogP contribution in [0, 0.1) is 11.8 Å². The van der Waals surface area contributed by atoms with Crippen LogP contribution >= 0.6 is 0 Å². The molecule has 2 N–H and O–H groups in total. The highest BCUT2D eigenvalue weighted by Gasteiger charge is 2.35. The topological polar surface area (TPSA) is 29.3 Å². The Bertz CT molecular complexity index is 156. The first-order chi connectivity index (χ1) is 5.81. The van der Waals surface area contributed by atoms with Crippen molar-refractivity contribution in [2.75, 3.05) is 20.1 Å². The normalized spacial score (nSPS) is 43.0. The van der Waals surface area contributed by atoms with Gasteiger partial charge in [0.15, 0.2) is 0 Å². The Morgan fingerprint density at radius 1 is 1.42 bits per heavy atom. The van der Waals surface area contributed by atoms with Gasteiger partial charge in [-0.2, -0.15) is 0 Å². The number of rotatable bonds is 1. The fraction of sp³-hybridized carbons (Fsp3) is 1.00. The average Bonchev–Trinajstić information content (AvgIpc) is 2.04. The molecule has 1 aliphatic heterocycles. The lowest BCUT2D eigenvalue weighted by Gasteiger charge is -2.45. The monoisotopic (exact) mass is 168 g/mol. The number of fused-ring (bicyclic) bond motifs is 2. The van der Waals surface area contributed by atoms with E-state index in [2.05, 4.69) is 11.9 Å². The van der Waals surface area contributed by atoms with Crippen molar-refractivity contribution in [1.29, 1.82) is 0 Å². The Morgan fingerprint density at radius 3 is 3.00 bits per heavy atom. The van der Waals surface area contributed by atoms with Crippen LogP contribution in [0.5, 0.6) is 0 Å². The summed E-state index contributed by atoms with van der Waals surface area (Å²) in [6.07, 6.45) is 5.77. The van der Waals surface area contributed by atoms with Gasteiger partial charge in [0, 0.05) is 19.1 Å². The maximum atomic E-state index is 5.79. The molecule has 2 fully saturated rings. The van der Waals surface area contributed by atoms with Crippen LogP contribution in [0.2, 0.25) is 0 Å². The van der Waals surface area contributed by atoms with E-state index < -0.39 is 0 Å². The molecule has 0 aromatic heterocycles. The molecule has 2 rings (SSSR count). The maximum Gasteiger partial charge on any atom is 0.0243 e. The summed E-state index contributed by atoms with van der Waals surface area (Å²) in [5, 5.41) is 0. The number of likely N-dealkylation sites (tertiary alicyclic amines) is 1. The summed E-state index contributed by atoms with van der Waals surface area (Å²) < 4.78 is 0. The molecular weight excluding hydrogens is 148 g/mol. The zero-order valence-corrected chi connectivity index (χ0v) is 8.00. The van der Waals surface area contributed by atoms with E-state index >= 15 is 0 Å². The van der Waals surface area contributed by atoms with Crippen LogP contribution in [0.1, 0.15) is 25.7 Å². The van der Waals surface area contributed by atoms with Gasteiger partial charge in [0.05, 0.1) is 0 Å². The quantitative estimate of drug-likeness (QED) is 0.634. The highest BCUT2D eigenvalue weighted by molar-refractivity contribution is 4.90. The lowest BCUT2D eigenvalue weighted by molar-refractivity contribution is 0.0485. The van der Waals surface area contributed by atoms with E-state index in [0.29, 0.717) is 6.04 Å². The first-order valence-electron chi connectivity index (χ1n) is 5.21. The van der Waals surface area contributed by atoms with Crippen LogP contribution in [0.25, 0.3) is 0 Å². The van der Waals surface area contributed by atoms with Gasteiger partial charge in [-0.1, -0.05) is 6.42 Å². The fourth-order valence-corrected chi connectivity index (χ4v) is 3.12. The van der Waals surface area contributed by atoms with Crippen LogP contribution in [0.3, 0.4) is 0 Å². The molecule has 1 aliphatic carbocycles. The van der Waals surface area contributed by atoms with E-state index in [1.807, 2.05) is 0 Å². The molecule has 0 radical (unpaired) electrons. The molecule has 2 heteroatoms. The summed E-state index contributed by atoms with van der Waals surface area (Å²) in [4.78, 5) is 2.48. The Morgan fingerprint density at radius 2 is 2.25 bits per heavy atom. The predicted octanol–water partition coefficient (Wildman–Crippen LogP) is 1.07. The van der Waals surface area contributed by atoms with Crippen molar-refractivity contribution in [2.24, 2.45) is 17.6 Å². The molecule has 2 bridgehead atoms. The van der Waals surface area contributed by atoms with Crippen molar-refractivity contribution >= 4 is 0 Å². The predicted molar refractivity (Wildman–Crippen MR) is 50.9 cm³/mol. The molecule has 2 nitrogen and oxygen atoms in total. The lowest BCUT2D eigenvalue weighted by atomic mass is 9.74. The van der Waals surface area contributed by atoms with E-state index in [1.165, 1.54) is 32.2 Å². The third kappa shape index (κ3) is 1.38. The maximum absolute atomic E-state index is 5.79. The Labute approximate surface area is 75.1 Å². The van der Waals surface area contributed by atoms with Crippen LogP contribution in [0.15, 0.2) is 0 Å². The molecule has 3 unspecified atom stereocenters. The Hall–Kier alpha value is -0.0800. The first kappa shape index (κ1) is 8.52. The van der Waals surface area contributed by atoms with Gasteiger partial charge < -0.3 is 10.6 Å². The standard InChI is InChI=1S/C10H20N2/c1-12-7-8-3-2-4-9(5-8)10(12)6-11/h8-10H,2-7,11H2,1H3. The van der Waals surface area contributed by atoms with E-state index in [0.717, 1.165) is 18.4 Å². The van der Waals surface area contributed by atoms with Crippen LogP contribution < -0.4 is 5.73 Å². The molecule has 2 aliphatic rings. The summed E-state index contributed by atoms with van der Waals surface area (Å²) in [5.41, 5.74) is 5.79. The van der Waals surface area contributed by atoms with Gasteiger partial charge in [-0.05, 0) is 38.1 Å². The zero-order valence-electron chi connectivity index (χ0n) is 8.00. The minimum absolute atomic E-state index is 0.682. The summed E-state index contributed by atoms with van der Waals surface area (Å²) in [5.74, 6) is 1.89. The second kappa shape index (κ2) is 3.35. The van der Waals surface area contributed by atoms with Gasteiger partial charge in [0.25, 0.3) is 0 Å². The van der Waals surface area contributed by atoms with Crippen LogP contribution in [-0.2, 0) is 0 Å². The Balaban J connectivity index is 2.05. The molecular formula is C10H20N2. The molecule has 0 aromatic carbocycles. The van der Waals surface area contributed by atoms with Gasteiger partial charge in [-0.25, -0.2) is 0 Å². The van der Waals surface area contributed by atoms with Gasteiger partial charge in [0.2, 0.25) is 0 Å². The summed E-state index contributed by atoms with van der Waals surface area (Å²) in [7, 11) is 2.24. The van der Waals surface area contributed by atoms with Crippen molar-refractivity contribution in [2.45, 2.75) is 31.7 Å². The Kier molecular flexibility index (Phi) is 2.37. The van der Waals surface area contributed by atoms with Gasteiger partial charge in [0.1, 0.15) is 0 Å². The second-order valence-electron chi connectivity index (χ2n) is 4.54. The van der Waals surface area contributed by atoms with Crippen LogP contribution in [-0.4, -0.2) is 31.1 Å². The van der Waals surface area contributed by atoms with E-state index in [9.17, 15) is 0 Å². The highest BCUT2D eigenvalue weighted by Crippen LogP contribution is 2.37. The fourth-order valence-electron chi connectivity index (χ4n) is 3.12. The van der Waals surface area contributed by atoms with E-state index in [4.69, 9.17) is 5.73 Å². The number of likely N-dealkylation sites (N-methyl/N-ethyl adjacent to an activating group) is 1. The molecule has 0 spiro atoms. The van der Waals surface area contributed by atoms with Crippen molar-refractivity contribution in [3.8, 4) is 0 Å². The second-order valence-corrected chi connectivity index (χ2v) is 4.54. The van der Waals surface area contributed by atoms with Crippen molar-refractivity contribution < 1.29 is 0 Å². The first-order valence-corrected chi connectivity index (χ1v) is 5.21. The third-order valence-corrected chi connectivity index (χ3v) is 3.72. The number of hydrogen-bond acceptors (Lipinski definition) is 2. The van der Waals surface area contributed by atoms with Crippen molar-refractivity contribution in [3.05, 3.63) is 0 Å². The number of hydrogen-bond donors (Lipinski definition) is 1. The number of nitrogens with two attached hydrogens (primary N) is 1. The zero-order chi connectivity index (χ0) is 8.55. The number of piperidine rings is 1. The summed E-state index contributed by atoms with van der Waals surface area (Å²) in [6.45, 7) is 2.15. The van der Waals surface area contributed by atoms with Gasteiger partial charge in [-0.3, -0.25) is 0 Å². The number of nitrogens with zero attached hydrogens (tertiary/aromatic N) is 1. The van der Waals surface area contributed by atoms with Crippen LogP contribution in [0.4, 0.5) is 0 Å². The largest absolute Gasteiger partial charge is 0.329 e. The molecule has 1 saturated carbocycles. The lowest BCUT2D eigenvalue weighted by Crippen LogP contribution is -2.51. The summed E-state index contributed by atoms with van der Waals surface area (Å²) >= 11 is 0. The minimum atomic E-state index is 0.682. The smallest absolute Gasteiger partial charge is 0.0243 e. The average molecular weight is 168 g/mol. The van der Waals surface area contributed by atoms with Gasteiger partial charge >= 0.3 is 0 Å². The molecule has 3 atom stereocenters. The molecule has 0 aromatic rings. The minimum Gasteiger partial charge on any atom is -0.329 e. The summed E-state index contributed by atoms with van der Waals surface area (Å²) in [6, 6.07) is 0.682. The van der Waals surface area contributed by atoms with E-state index in [1.54, 1.807) is 0 Å². The molecule has 0 amide bonds. The highest BCUT2D eigenvalue weighted by atomic mass is 15.2. The SMILES string of the molecule is CN1CC2CCCC(C2)C1CN. The molecule has 70 valence electrons. The third-order valence-electron chi connectivity index (χ3n) is 3.72. The van der Waals surface area contributed by atoms with E-state index in [-0.39, 0.29) is 0 Å². The molecule has 1 saturated heterocycles.